The molecule has 0 saturated heterocycles. The number of hydrogen-bond acceptors (Lipinski definition) is 4. The van der Waals surface area contributed by atoms with Gasteiger partial charge in [0.05, 0.1) is 6.20 Å². The summed E-state index contributed by atoms with van der Waals surface area (Å²) < 4.78 is 7.92. The highest BCUT2D eigenvalue weighted by Crippen LogP contribution is 2.26. The van der Waals surface area contributed by atoms with Gasteiger partial charge in [0.1, 0.15) is 6.10 Å². The van der Waals surface area contributed by atoms with Gasteiger partial charge in [-0.15, -0.1) is 0 Å². The van der Waals surface area contributed by atoms with Gasteiger partial charge in [0, 0.05) is 43.7 Å². The number of pyridine rings is 1. The minimum absolute atomic E-state index is 0.260. The van der Waals surface area contributed by atoms with E-state index in [9.17, 15) is 0 Å². The molecular weight excluding hydrogens is 300 g/mol. The second kappa shape index (κ2) is 7.79. The normalized spacial score (nSPS) is 22.3. The van der Waals surface area contributed by atoms with Crippen molar-refractivity contribution in [1.29, 1.82) is 0 Å². The lowest BCUT2D eigenvalue weighted by Gasteiger charge is -2.26. The summed E-state index contributed by atoms with van der Waals surface area (Å²) in [7, 11) is 1.94. The van der Waals surface area contributed by atoms with E-state index in [0.29, 0.717) is 6.10 Å². The zero-order chi connectivity index (χ0) is 16.9. The second-order valence-corrected chi connectivity index (χ2v) is 7.05. The Morgan fingerprint density at radius 2 is 2.12 bits per heavy atom. The highest BCUT2D eigenvalue weighted by molar-refractivity contribution is 5.21. The van der Waals surface area contributed by atoms with Gasteiger partial charge in [0.25, 0.3) is 0 Å². The van der Waals surface area contributed by atoms with Crippen LogP contribution in [-0.2, 0) is 13.6 Å². The van der Waals surface area contributed by atoms with Crippen molar-refractivity contribution in [2.45, 2.75) is 58.2 Å². The van der Waals surface area contributed by atoms with Crippen molar-refractivity contribution in [3.63, 3.8) is 0 Å². The molecule has 2 heterocycles. The molecule has 0 spiro atoms. The summed E-state index contributed by atoms with van der Waals surface area (Å²) in [4.78, 5) is 4.38. The number of nitrogens with one attached hydrogen (secondary N) is 1. The molecule has 1 N–H and O–H groups in total. The zero-order valence-electron chi connectivity index (χ0n) is 14.9. The van der Waals surface area contributed by atoms with Gasteiger partial charge in [-0.25, -0.2) is 4.98 Å². The Morgan fingerprint density at radius 1 is 1.33 bits per heavy atom. The van der Waals surface area contributed by atoms with Gasteiger partial charge in [0.15, 0.2) is 0 Å². The minimum Gasteiger partial charge on any atom is -0.474 e. The van der Waals surface area contributed by atoms with Crippen LogP contribution in [0.1, 0.15) is 56.7 Å². The molecule has 130 valence electrons. The fraction of sp³-hybridized carbons (Fsp3) is 0.579. The maximum atomic E-state index is 6.09. The van der Waals surface area contributed by atoms with Gasteiger partial charge < -0.3 is 10.1 Å². The van der Waals surface area contributed by atoms with Crippen LogP contribution in [0.2, 0.25) is 0 Å². The van der Waals surface area contributed by atoms with E-state index in [0.717, 1.165) is 31.2 Å². The Bertz CT molecular complexity index is 646. The van der Waals surface area contributed by atoms with E-state index in [1.165, 1.54) is 24.0 Å². The predicted molar refractivity (Wildman–Crippen MR) is 94.7 cm³/mol. The van der Waals surface area contributed by atoms with Crippen LogP contribution in [-0.4, -0.2) is 20.9 Å². The van der Waals surface area contributed by atoms with Crippen LogP contribution in [0.15, 0.2) is 30.7 Å². The van der Waals surface area contributed by atoms with Gasteiger partial charge in [-0.1, -0.05) is 6.92 Å². The van der Waals surface area contributed by atoms with Crippen LogP contribution in [0.25, 0.3) is 0 Å². The van der Waals surface area contributed by atoms with Crippen LogP contribution in [0, 0.1) is 5.92 Å². The van der Waals surface area contributed by atoms with Crippen molar-refractivity contribution < 1.29 is 4.74 Å². The highest BCUT2D eigenvalue weighted by atomic mass is 16.5. The Kier molecular flexibility index (Phi) is 5.51. The topological polar surface area (TPSA) is 52.0 Å². The van der Waals surface area contributed by atoms with E-state index < -0.39 is 0 Å². The van der Waals surface area contributed by atoms with Crippen LogP contribution in [0.3, 0.4) is 0 Å². The second-order valence-electron chi connectivity index (χ2n) is 7.05. The molecule has 0 amide bonds. The quantitative estimate of drug-likeness (QED) is 0.880. The van der Waals surface area contributed by atoms with E-state index in [-0.39, 0.29) is 6.04 Å². The third kappa shape index (κ3) is 4.57. The highest BCUT2D eigenvalue weighted by Gasteiger charge is 2.20. The Morgan fingerprint density at radius 3 is 2.83 bits per heavy atom. The van der Waals surface area contributed by atoms with Crippen LogP contribution >= 0.6 is 0 Å². The Balaban J connectivity index is 1.53. The third-order valence-electron chi connectivity index (χ3n) is 4.89. The maximum absolute atomic E-state index is 6.09. The van der Waals surface area contributed by atoms with Crippen molar-refractivity contribution in [3.05, 3.63) is 41.9 Å². The molecule has 0 unspecified atom stereocenters. The molecule has 0 radical (unpaired) electrons. The summed E-state index contributed by atoms with van der Waals surface area (Å²) in [6.45, 7) is 5.26. The van der Waals surface area contributed by atoms with E-state index in [2.05, 4.69) is 35.3 Å². The first-order valence-corrected chi connectivity index (χ1v) is 8.93. The molecule has 2 aromatic heterocycles. The minimum atomic E-state index is 0.260. The van der Waals surface area contributed by atoms with E-state index in [1.807, 2.05) is 36.4 Å². The van der Waals surface area contributed by atoms with Crippen LogP contribution in [0.5, 0.6) is 5.88 Å². The van der Waals surface area contributed by atoms with Crippen molar-refractivity contribution >= 4 is 0 Å². The molecule has 0 aliphatic heterocycles. The number of hydrogen-bond donors (Lipinski definition) is 1. The Labute approximate surface area is 144 Å². The molecule has 3 rings (SSSR count). The molecule has 0 bridgehead atoms. The van der Waals surface area contributed by atoms with Crippen molar-refractivity contribution in [1.82, 2.24) is 20.1 Å². The molecule has 1 aliphatic rings. The Hall–Kier alpha value is -1.88. The molecule has 5 heteroatoms. The lowest BCUT2D eigenvalue weighted by molar-refractivity contribution is 0.130. The van der Waals surface area contributed by atoms with E-state index >= 15 is 0 Å². The summed E-state index contributed by atoms with van der Waals surface area (Å²) in [5.74, 6) is 1.59. The number of nitrogens with zero attached hydrogens (tertiary/aromatic N) is 3. The fourth-order valence-corrected chi connectivity index (χ4v) is 3.20. The molecule has 1 aliphatic carbocycles. The summed E-state index contributed by atoms with van der Waals surface area (Å²) in [6, 6.07) is 4.36. The molecule has 1 atom stereocenters. The average Bonchev–Trinajstić information content (AvgIpc) is 3.02. The predicted octanol–water partition coefficient (Wildman–Crippen LogP) is 3.62. The summed E-state index contributed by atoms with van der Waals surface area (Å²) in [5, 5.41) is 7.75. The first-order valence-electron chi connectivity index (χ1n) is 8.93. The van der Waals surface area contributed by atoms with Crippen molar-refractivity contribution in [3.8, 4) is 5.88 Å². The van der Waals surface area contributed by atoms with E-state index in [4.69, 9.17) is 4.74 Å². The van der Waals surface area contributed by atoms with Gasteiger partial charge in [0.2, 0.25) is 5.88 Å². The largest absolute Gasteiger partial charge is 0.474 e. The molecule has 1 saturated carbocycles. The lowest BCUT2D eigenvalue weighted by Crippen LogP contribution is -2.23. The summed E-state index contributed by atoms with van der Waals surface area (Å²) in [5.41, 5.74) is 2.39. The van der Waals surface area contributed by atoms with Gasteiger partial charge in [-0.2, -0.15) is 5.10 Å². The standard InChI is InChI=1S/C19H28N4O/c1-14-4-6-18(7-5-14)24-19-10-16(8-9-20-19)11-21-15(2)17-12-22-23(3)13-17/h8-10,12-15,18,21H,4-7,11H2,1-3H3/t14?,15-,18?/m0/s1. The number of aromatic nitrogens is 3. The maximum Gasteiger partial charge on any atom is 0.213 e. The molecule has 0 aromatic carbocycles. The number of rotatable bonds is 6. The zero-order valence-corrected chi connectivity index (χ0v) is 14.9. The number of aryl methyl sites for hydroxylation is 1. The SMILES string of the molecule is CC1CCC(Oc2cc(CN[C@@H](C)c3cnn(C)c3)ccn2)CC1. The molecule has 24 heavy (non-hydrogen) atoms. The first-order chi connectivity index (χ1) is 11.6. The van der Waals surface area contributed by atoms with Crippen LogP contribution in [0.4, 0.5) is 0 Å². The van der Waals surface area contributed by atoms with Gasteiger partial charge in [-0.3, -0.25) is 4.68 Å². The molecular formula is C19H28N4O. The lowest BCUT2D eigenvalue weighted by atomic mass is 9.89. The van der Waals surface area contributed by atoms with E-state index in [1.54, 1.807) is 0 Å². The number of ether oxygens (including phenoxy) is 1. The summed E-state index contributed by atoms with van der Waals surface area (Å²) in [6.07, 6.45) is 10.9. The fourth-order valence-electron chi connectivity index (χ4n) is 3.20. The first kappa shape index (κ1) is 17.0. The van der Waals surface area contributed by atoms with Crippen molar-refractivity contribution in [2.75, 3.05) is 0 Å². The van der Waals surface area contributed by atoms with Gasteiger partial charge in [-0.05, 0) is 50.2 Å². The molecule has 5 nitrogen and oxygen atoms in total. The summed E-state index contributed by atoms with van der Waals surface area (Å²) >= 11 is 0. The smallest absolute Gasteiger partial charge is 0.213 e. The van der Waals surface area contributed by atoms with Crippen molar-refractivity contribution in [2.24, 2.45) is 13.0 Å². The average molecular weight is 328 g/mol. The third-order valence-corrected chi connectivity index (χ3v) is 4.89. The van der Waals surface area contributed by atoms with Crippen LogP contribution < -0.4 is 10.1 Å². The monoisotopic (exact) mass is 328 g/mol. The molecule has 2 aromatic rings. The van der Waals surface area contributed by atoms with Gasteiger partial charge >= 0.3 is 0 Å². The molecule has 1 fully saturated rings.